The minimum atomic E-state index is -1.14. The summed E-state index contributed by atoms with van der Waals surface area (Å²) in [6.45, 7) is 3.64. The number of carboxylic acids is 1. The zero-order valence-corrected chi connectivity index (χ0v) is 19.9. The highest BCUT2D eigenvalue weighted by Gasteiger charge is 2.39. The standard InChI is InChI=1S/C25H22F3N5O4/c1-13-5-14(2)32(23(13)24(34)35)22-9-21(19(28)10-29-22)37-18-11-31(12-18)25(36)33-20(3-4-30-33)15-6-16(26)8-17(27)7-15/h4-10,18,20H,3,11-12H2,1-2H3,(H,34,35). The number of hydrazone groups is 1. The molecule has 1 atom stereocenters. The van der Waals surface area contributed by atoms with Gasteiger partial charge in [-0.15, -0.1) is 0 Å². The van der Waals surface area contributed by atoms with Crippen LogP contribution >= 0.6 is 0 Å². The maximum Gasteiger partial charge on any atom is 0.353 e. The average molecular weight is 513 g/mol. The van der Waals surface area contributed by atoms with Gasteiger partial charge in [-0.2, -0.15) is 5.10 Å². The van der Waals surface area contributed by atoms with E-state index in [1.165, 1.54) is 26.8 Å². The van der Waals surface area contributed by atoms with Crippen molar-refractivity contribution in [1.82, 2.24) is 19.5 Å². The maximum atomic E-state index is 14.5. The van der Waals surface area contributed by atoms with Gasteiger partial charge in [0, 0.05) is 30.5 Å². The Balaban J connectivity index is 1.28. The number of rotatable bonds is 5. The van der Waals surface area contributed by atoms with E-state index in [2.05, 4.69) is 10.1 Å². The molecular weight excluding hydrogens is 491 g/mol. The van der Waals surface area contributed by atoms with Crippen molar-refractivity contribution in [3.63, 3.8) is 0 Å². The highest BCUT2D eigenvalue weighted by Crippen LogP contribution is 2.32. The van der Waals surface area contributed by atoms with Crippen LogP contribution in [0.25, 0.3) is 5.82 Å². The first kappa shape index (κ1) is 24.3. The molecule has 37 heavy (non-hydrogen) atoms. The zero-order chi connectivity index (χ0) is 26.4. The number of benzene rings is 1. The van der Waals surface area contributed by atoms with E-state index in [1.807, 2.05) is 0 Å². The third-order valence-corrected chi connectivity index (χ3v) is 6.32. The second-order valence-corrected chi connectivity index (χ2v) is 8.96. The quantitative estimate of drug-likeness (QED) is 0.551. The van der Waals surface area contributed by atoms with Crippen LogP contribution in [0.5, 0.6) is 5.75 Å². The molecule has 1 fully saturated rings. The van der Waals surface area contributed by atoms with Crippen molar-refractivity contribution < 1.29 is 32.6 Å². The first-order valence-corrected chi connectivity index (χ1v) is 11.4. The molecule has 9 nitrogen and oxygen atoms in total. The highest BCUT2D eigenvalue weighted by atomic mass is 19.1. The number of aromatic nitrogens is 2. The van der Waals surface area contributed by atoms with E-state index in [0.717, 1.165) is 24.4 Å². The van der Waals surface area contributed by atoms with E-state index in [-0.39, 0.29) is 30.4 Å². The summed E-state index contributed by atoms with van der Waals surface area (Å²) in [5.41, 5.74) is 1.45. The molecule has 192 valence electrons. The van der Waals surface area contributed by atoms with Gasteiger partial charge in [0.1, 0.15) is 29.3 Å². The van der Waals surface area contributed by atoms with Gasteiger partial charge in [-0.3, -0.25) is 4.57 Å². The van der Waals surface area contributed by atoms with Crippen LogP contribution < -0.4 is 4.74 Å². The van der Waals surface area contributed by atoms with Crippen LogP contribution in [0.1, 0.15) is 39.8 Å². The summed E-state index contributed by atoms with van der Waals surface area (Å²) in [4.78, 5) is 30.2. The van der Waals surface area contributed by atoms with Gasteiger partial charge in [-0.1, -0.05) is 0 Å². The van der Waals surface area contributed by atoms with Gasteiger partial charge in [0.2, 0.25) is 0 Å². The third-order valence-electron chi connectivity index (χ3n) is 6.32. The number of hydrogen-bond donors (Lipinski definition) is 1. The molecule has 0 aliphatic carbocycles. The number of amides is 2. The zero-order valence-electron chi connectivity index (χ0n) is 19.9. The Kier molecular flexibility index (Phi) is 6.10. The van der Waals surface area contributed by atoms with Gasteiger partial charge in [0.15, 0.2) is 11.6 Å². The summed E-state index contributed by atoms with van der Waals surface area (Å²) >= 11 is 0. The summed E-state index contributed by atoms with van der Waals surface area (Å²) in [5.74, 6) is -3.31. The number of aromatic carboxylic acids is 1. The highest BCUT2D eigenvalue weighted by molar-refractivity contribution is 5.88. The summed E-state index contributed by atoms with van der Waals surface area (Å²) in [5, 5.41) is 14.8. The smallest absolute Gasteiger partial charge is 0.353 e. The normalized spacial score (nSPS) is 17.3. The van der Waals surface area contributed by atoms with Crippen LogP contribution in [-0.2, 0) is 0 Å². The number of aryl methyl sites for hydroxylation is 2. The molecule has 2 aliphatic heterocycles. The first-order valence-electron chi connectivity index (χ1n) is 11.4. The molecule has 2 aromatic heterocycles. The SMILES string of the molecule is Cc1cc(C)n(-c2cc(OC3CN(C(=O)N4N=CCC4c4cc(F)cc(F)c4)C3)c(F)cn2)c1C(=O)O. The minimum Gasteiger partial charge on any atom is -0.483 e. The Bertz CT molecular complexity index is 1410. The Morgan fingerprint density at radius 1 is 1.05 bits per heavy atom. The number of ether oxygens (including phenoxy) is 1. The van der Waals surface area contributed by atoms with E-state index in [4.69, 9.17) is 4.74 Å². The van der Waals surface area contributed by atoms with Gasteiger partial charge in [0.05, 0.1) is 25.3 Å². The van der Waals surface area contributed by atoms with Gasteiger partial charge in [-0.05, 0) is 43.2 Å². The largest absolute Gasteiger partial charge is 0.483 e. The topological polar surface area (TPSA) is 100 Å². The lowest BCUT2D eigenvalue weighted by atomic mass is 10.0. The molecule has 1 unspecified atom stereocenters. The van der Waals surface area contributed by atoms with E-state index >= 15 is 0 Å². The van der Waals surface area contributed by atoms with E-state index in [0.29, 0.717) is 23.2 Å². The first-order chi connectivity index (χ1) is 17.6. The summed E-state index contributed by atoms with van der Waals surface area (Å²) in [7, 11) is 0. The molecule has 1 aromatic carbocycles. The molecular formula is C25H22F3N5O4. The van der Waals surface area contributed by atoms with Crippen molar-refractivity contribution in [3.8, 4) is 11.6 Å². The maximum absolute atomic E-state index is 14.5. The molecule has 2 amide bonds. The number of pyridine rings is 1. The molecule has 4 heterocycles. The second-order valence-electron chi connectivity index (χ2n) is 8.96. The molecule has 0 bridgehead atoms. The summed E-state index contributed by atoms with van der Waals surface area (Å²) in [6.07, 6.45) is 2.23. The van der Waals surface area contributed by atoms with Crippen molar-refractivity contribution in [2.75, 3.05) is 13.1 Å². The van der Waals surface area contributed by atoms with E-state index < -0.39 is 41.6 Å². The summed E-state index contributed by atoms with van der Waals surface area (Å²) < 4.78 is 49.0. The number of likely N-dealkylation sites (tertiary alicyclic amines) is 1. The molecule has 0 saturated carbocycles. The van der Waals surface area contributed by atoms with Crippen molar-refractivity contribution >= 4 is 18.2 Å². The predicted octanol–water partition coefficient (Wildman–Crippen LogP) is 4.22. The van der Waals surface area contributed by atoms with E-state index in [9.17, 15) is 27.9 Å². The number of nitrogens with zero attached hydrogens (tertiary/aromatic N) is 5. The number of carbonyl (C=O) groups excluding carboxylic acids is 1. The predicted molar refractivity (Wildman–Crippen MR) is 125 cm³/mol. The van der Waals surface area contributed by atoms with Crippen LogP contribution in [0.2, 0.25) is 0 Å². The fourth-order valence-electron chi connectivity index (χ4n) is 4.62. The molecule has 1 N–H and O–H groups in total. The molecule has 2 aliphatic rings. The van der Waals surface area contributed by atoms with Crippen molar-refractivity contribution in [3.05, 3.63) is 76.5 Å². The van der Waals surface area contributed by atoms with Crippen molar-refractivity contribution in [2.45, 2.75) is 32.4 Å². The lowest BCUT2D eigenvalue weighted by Crippen LogP contribution is -2.58. The number of carbonyl (C=O) groups is 2. The van der Waals surface area contributed by atoms with Gasteiger partial charge < -0.3 is 14.7 Å². The Morgan fingerprint density at radius 2 is 1.76 bits per heavy atom. The molecule has 1 saturated heterocycles. The molecule has 0 radical (unpaired) electrons. The number of halogens is 3. The number of hydrogen-bond acceptors (Lipinski definition) is 5. The van der Waals surface area contributed by atoms with Crippen LogP contribution in [0.15, 0.2) is 41.6 Å². The third kappa shape index (κ3) is 4.50. The fourth-order valence-corrected chi connectivity index (χ4v) is 4.62. The Morgan fingerprint density at radius 3 is 2.43 bits per heavy atom. The monoisotopic (exact) mass is 513 g/mol. The van der Waals surface area contributed by atoms with Crippen LogP contribution in [0.3, 0.4) is 0 Å². The van der Waals surface area contributed by atoms with E-state index in [1.54, 1.807) is 19.9 Å². The molecule has 5 rings (SSSR count). The lowest BCUT2D eigenvalue weighted by Gasteiger charge is -2.41. The van der Waals surface area contributed by atoms with Crippen molar-refractivity contribution in [2.24, 2.45) is 5.10 Å². The summed E-state index contributed by atoms with van der Waals surface area (Å²) in [6, 6.07) is 4.98. The van der Waals surface area contributed by atoms with Gasteiger partial charge in [-0.25, -0.2) is 32.8 Å². The average Bonchev–Trinajstić information content (AvgIpc) is 3.40. The van der Waals surface area contributed by atoms with Crippen LogP contribution in [-0.4, -0.2) is 62.0 Å². The van der Waals surface area contributed by atoms with Gasteiger partial charge >= 0.3 is 12.0 Å². The number of carboxylic acid groups (broad SMARTS) is 1. The van der Waals surface area contributed by atoms with Gasteiger partial charge in [0.25, 0.3) is 0 Å². The second kappa shape index (κ2) is 9.26. The van der Waals surface area contributed by atoms with Crippen LogP contribution in [0, 0.1) is 31.3 Å². The fraction of sp³-hybridized carbons (Fsp3) is 0.280. The van der Waals surface area contributed by atoms with Crippen LogP contribution in [0.4, 0.5) is 18.0 Å². The molecule has 0 spiro atoms. The Hall–Kier alpha value is -4.35. The number of urea groups is 1. The molecule has 12 heteroatoms. The van der Waals surface area contributed by atoms with Crippen molar-refractivity contribution in [1.29, 1.82) is 0 Å². The minimum absolute atomic E-state index is 0.0156. The Labute approximate surface area is 209 Å². The lowest BCUT2D eigenvalue weighted by molar-refractivity contribution is 0.0256. The molecule has 3 aromatic rings.